The number of guanidine groups is 1. The molecule has 78 valence electrons. The van der Waals surface area contributed by atoms with Crippen LogP contribution in [-0.2, 0) is 7.05 Å². The van der Waals surface area contributed by atoms with Crippen LogP contribution in [0.15, 0.2) is 0 Å². The number of nitrogens with zero attached hydrogens (tertiary/aromatic N) is 6. The molecule has 0 unspecified atom stereocenters. The quantitative estimate of drug-likeness (QED) is 0.192. The number of aryl methyl sites for hydroxylation is 1. The van der Waals surface area contributed by atoms with E-state index in [2.05, 4.69) is 37.8 Å². The molecule has 0 bridgehead atoms. The zero-order valence-electron chi connectivity index (χ0n) is 7.23. The molecule has 11 heteroatoms. The fraction of sp³-hybridized carbons (Fsp3) is 0.333. The molecular formula is C3H9N9O2. The van der Waals surface area contributed by atoms with Crippen LogP contribution in [0.2, 0.25) is 0 Å². The summed E-state index contributed by atoms with van der Waals surface area (Å²) in [6.07, 6.45) is 0. The SMILES string of the molecule is Cn1nnnc1[N-][N+](=O)[O-].NC(N)=[NH2+]. The molecule has 0 fully saturated rings. The second kappa shape index (κ2) is 5.23. The van der Waals surface area contributed by atoms with Crippen molar-refractivity contribution in [2.75, 3.05) is 0 Å². The summed E-state index contributed by atoms with van der Waals surface area (Å²) in [6, 6.07) is 0. The standard InChI is InChI=1S/C2H3N6O2.CH5N3/c1-7-2(3-5-6-7)4-8(9)10;2-1(3)4/h1H3;(H5,2,3,4)/q-1;/p+1. The van der Waals surface area contributed by atoms with Gasteiger partial charge in [-0.25, -0.2) is 15.2 Å². The third-order valence-corrected chi connectivity index (χ3v) is 0.769. The maximum atomic E-state index is 9.75. The molecule has 0 saturated carbocycles. The number of hydrogen-bond donors (Lipinski definition) is 3. The van der Waals surface area contributed by atoms with Gasteiger partial charge in [0, 0.05) is 0 Å². The molecule has 14 heavy (non-hydrogen) atoms. The van der Waals surface area contributed by atoms with Crippen LogP contribution in [0.3, 0.4) is 0 Å². The van der Waals surface area contributed by atoms with Crippen molar-refractivity contribution in [3.05, 3.63) is 15.5 Å². The van der Waals surface area contributed by atoms with Gasteiger partial charge in [-0.15, -0.1) is 10.4 Å². The average molecular weight is 203 g/mol. The van der Waals surface area contributed by atoms with E-state index in [4.69, 9.17) is 0 Å². The largest absolute Gasteiger partial charge is 0.336 e. The van der Waals surface area contributed by atoms with Crippen LogP contribution in [0.25, 0.3) is 5.43 Å². The van der Waals surface area contributed by atoms with Crippen molar-refractivity contribution < 1.29 is 10.4 Å². The van der Waals surface area contributed by atoms with Crippen molar-refractivity contribution in [2.45, 2.75) is 0 Å². The van der Waals surface area contributed by atoms with Gasteiger partial charge in [-0.1, -0.05) is 5.43 Å². The van der Waals surface area contributed by atoms with E-state index in [1.807, 2.05) is 0 Å². The van der Waals surface area contributed by atoms with Crippen LogP contribution in [0.5, 0.6) is 0 Å². The highest BCUT2D eigenvalue weighted by molar-refractivity contribution is 5.68. The molecule has 0 radical (unpaired) electrons. The Morgan fingerprint density at radius 1 is 1.71 bits per heavy atom. The van der Waals surface area contributed by atoms with Crippen molar-refractivity contribution in [3.63, 3.8) is 0 Å². The first-order valence-corrected chi connectivity index (χ1v) is 3.15. The summed E-state index contributed by atoms with van der Waals surface area (Å²) < 4.78 is 1.10. The monoisotopic (exact) mass is 203 g/mol. The molecule has 6 N–H and O–H groups in total. The first kappa shape index (κ1) is 11.5. The lowest BCUT2D eigenvalue weighted by Crippen LogP contribution is -2.51. The summed E-state index contributed by atoms with van der Waals surface area (Å²) in [6.45, 7) is 0. The fourth-order valence-corrected chi connectivity index (χ4v) is 0.382. The third-order valence-electron chi connectivity index (χ3n) is 0.769. The topological polar surface area (TPSA) is 178 Å². The molecular weight excluding hydrogens is 194 g/mol. The zero-order valence-corrected chi connectivity index (χ0v) is 7.23. The summed E-state index contributed by atoms with van der Waals surface area (Å²) in [5.74, 6) is -0.204. The smallest absolute Gasteiger partial charge is 0.307 e. The van der Waals surface area contributed by atoms with E-state index in [9.17, 15) is 10.1 Å². The Morgan fingerprint density at radius 2 is 2.21 bits per heavy atom. The van der Waals surface area contributed by atoms with E-state index >= 15 is 0 Å². The number of rotatable bonds is 2. The Morgan fingerprint density at radius 3 is 2.50 bits per heavy atom. The molecule has 11 nitrogen and oxygen atoms in total. The first-order valence-electron chi connectivity index (χ1n) is 3.15. The van der Waals surface area contributed by atoms with Gasteiger partial charge in [-0.3, -0.25) is 16.9 Å². The number of aromatic nitrogens is 4. The van der Waals surface area contributed by atoms with Gasteiger partial charge in [0.15, 0.2) is 0 Å². The van der Waals surface area contributed by atoms with E-state index in [0.717, 1.165) is 4.68 Å². The normalized spacial score (nSPS) is 8.36. The van der Waals surface area contributed by atoms with Gasteiger partial charge in [0.05, 0.1) is 0 Å². The van der Waals surface area contributed by atoms with Crippen LogP contribution in [-0.4, -0.2) is 31.2 Å². The number of nitro groups is 1. The molecule has 0 aliphatic carbocycles. The summed E-state index contributed by atoms with van der Waals surface area (Å²) in [5.41, 5.74) is 12.0. The van der Waals surface area contributed by atoms with Gasteiger partial charge in [0.1, 0.15) is 11.0 Å². The second-order valence-electron chi connectivity index (χ2n) is 1.94. The minimum Gasteiger partial charge on any atom is -0.307 e. The van der Waals surface area contributed by atoms with Crippen molar-refractivity contribution >= 4 is 11.9 Å². The molecule has 0 aliphatic rings. The van der Waals surface area contributed by atoms with Crippen LogP contribution in [0.4, 0.5) is 5.95 Å². The maximum Gasteiger partial charge on any atom is 0.336 e. The maximum absolute atomic E-state index is 9.75. The van der Waals surface area contributed by atoms with Crippen LogP contribution < -0.4 is 16.9 Å². The molecule has 0 aromatic carbocycles. The highest BCUT2D eigenvalue weighted by atomic mass is 16.7. The Hall–Kier alpha value is -2.46. The summed E-state index contributed by atoms with van der Waals surface area (Å²) in [5, 5.41) is 23.2. The molecule has 1 aromatic rings. The Labute approximate surface area is 77.7 Å². The molecule has 0 saturated heterocycles. The van der Waals surface area contributed by atoms with E-state index in [1.165, 1.54) is 7.05 Å². The number of hydrogen-bond acceptors (Lipinski definition) is 5. The highest BCUT2D eigenvalue weighted by Crippen LogP contribution is 2.08. The molecule has 1 heterocycles. The summed E-state index contributed by atoms with van der Waals surface area (Å²) in [7, 11) is 1.46. The third kappa shape index (κ3) is 5.22. The van der Waals surface area contributed by atoms with Crippen molar-refractivity contribution in [2.24, 2.45) is 18.5 Å². The predicted octanol–water partition coefficient (Wildman–Crippen LogP) is -3.57. The highest BCUT2D eigenvalue weighted by Gasteiger charge is 1.96. The summed E-state index contributed by atoms with van der Waals surface area (Å²) in [4.78, 5) is 9.75. The van der Waals surface area contributed by atoms with E-state index in [-0.39, 0.29) is 11.9 Å². The molecule has 1 rings (SSSR count). The molecule has 0 atom stereocenters. The Kier molecular flexibility index (Phi) is 4.31. The summed E-state index contributed by atoms with van der Waals surface area (Å²) >= 11 is 0. The minimum absolute atomic E-state index is 0.0833. The number of tetrazole rings is 1. The van der Waals surface area contributed by atoms with Crippen LogP contribution >= 0.6 is 0 Å². The van der Waals surface area contributed by atoms with Crippen molar-refractivity contribution in [1.29, 1.82) is 0 Å². The van der Waals surface area contributed by atoms with Gasteiger partial charge in [-0.05, 0) is 7.05 Å². The predicted molar refractivity (Wildman–Crippen MR) is 44.1 cm³/mol. The lowest BCUT2D eigenvalue weighted by Gasteiger charge is -1.98. The lowest BCUT2D eigenvalue weighted by molar-refractivity contribution is -0.419. The molecule has 0 aliphatic heterocycles. The molecule has 1 aromatic heterocycles. The first-order chi connectivity index (χ1) is 6.43. The zero-order chi connectivity index (χ0) is 11.1. The average Bonchev–Trinajstić information content (AvgIpc) is 2.34. The molecule has 0 amide bonds. The number of nitrogens with two attached hydrogens (primary N) is 3. The van der Waals surface area contributed by atoms with E-state index in [0.29, 0.717) is 0 Å². The van der Waals surface area contributed by atoms with Crippen LogP contribution in [0, 0.1) is 10.1 Å². The van der Waals surface area contributed by atoms with Gasteiger partial charge in [0.2, 0.25) is 0 Å². The van der Waals surface area contributed by atoms with Crippen molar-refractivity contribution in [1.82, 2.24) is 20.2 Å². The van der Waals surface area contributed by atoms with Gasteiger partial charge < -0.3 is 4.68 Å². The fourth-order valence-electron chi connectivity index (χ4n) is 0.382. The Balaban J connectivity index is 0.000000364. The lowest BCUT2D eigenvalue weighted by atomic mass is 11.0. The van der Waals surface area contributed by atoms with Gasteiger partial charge in [0.25, 0.3) is 0 Å². The van der Waals surface area contributed by atoms with Crippen molar-refractivity contribution in [3.8, 4) is 0 Å². The van der Waals surface area contributed by atoms with Crippen LogP contribution in [0.1, 0.15) is 0 Å². The van der Waals surface area contributed by atoms with E-state index < -0.39 is 5.03 Å². The van der Waals surface area contributed by atoms with Gasteiger partial charge in [-0.2, -0.15) is 0 Å². The minimum atomic E-state index is -0.855. The Bertz CT molecular complexity index is 314. The molecule has 0 spiro atoms. The second-order valence-corrected chi connectivity index (χ2v) is 1.94. The van der Waals surface area contributed by atoms with E-state index in [1.54, 1.807) is 0 Å². The van der Waals surface area contributed by atoms with Gasteiger partial charge >= 0.3 is 5.96 Å².